The number of hydrogen-bond donors (Lipinski definition) is 1. The summed E-state index contributed by atoms with van der Waals surface area (Å²) in [6.07, 6.45) is 1.05. The van der Waals surface area contributed by atoms with Gasteiger partial charge in [-0.15, -0.1) is 0 Å². The Morgan fingerprint density at radius 1 is 1.33 bits per heavy atom. The molecule has 0 aliphatic carbocycles. The first kappa shape index (κ1) is 13.1. The maximum Gasteiger partial charge on any atom is 0.161 e. The van der Waals surface area contributed by atoms with Crippen molar-refractivity contribution in [2.45, 2.75) is 19.1 Å². The lowest BCUT2D eigenvalue weighted by Gasteiger charge is -2.15. The quantitative estimate of drug-likeness (QED) is 0.779. The van der Waals surface area contributed by atoms with Crippen LogP contribution in [0.25, 0.3) is 0 Å². The Hall–Kier alpha value is -1.30. The first-order chi connectivity index (χ1) is 8.83. The molecule has 1 unspecified atom stereocenters. The molecule has 1 atom stereocenters. The highest BCUT2D eigenvalue weighted by molar-refractivity contribution is 5.43. The third kappa shape index (κ3) is 3.35. The summed E-state index contributed by atoms with van der Waals surface area (Å²) in [6.45, 7) is 2.04. The van der Waals surface area contributed by atoms with Crippen LogP contribution in [0.4, 0.5) is 0 Å². The second kappa shape index (κ2) is 6.58. The summed E-state index contributed by atoms with van der Waals surface area (Å²) in [4.78, 5) is 4.82. The Kier molecular flexibility index (Phi) is 4.81. The van der Waals surface area contributed by atoms with Crippen molar-refractivity contribution >= 4 is 0 Å². The highest BCUT2D eigenvalue weighted by Crippen LogP contribution is 2.30. The van der Waals surface area contributed by atoms with Crippen molar-refractivity contribution in [1.29, 1.82) is 0 Å². The van der Waals surface area contributed by atoms with Crippen LogP contribution in [-0.2, 0) is 16.1 Å². The predicted octanol–water partition coefficient (Wildman–Crippen LogP) is 1.51. The molecule has 0 saturated carbocycles. The number of hydrogen-bond acceptors (Lipinski definition) is 5. The number of methoxy groups -OCH3 is 1. The lowest BCUT2D eigenvalue weighted by molar-refractivity contribution is 0.0866. The van der Waals surface area contributed by atoms with Crippen molar-refractivity contribution in [2.24, 2.45) is 0 Å². The zero-order valence-electron chi connectivity index (χ0n) is 10.8. The smallest absolute Gasteiger partial charge is 0.161 e. The molecule has 18 heavy (non-hydrogen) atoms. The molecule has 0 amide bonds. The van der Waals surface area contributed by atoms with Crippen LogP contribution in [-0.4, -0.2) is 33.5 Å². The summed E-state index contributed by atoms with van der Waals surface area (Å²) in [5.74, 6) is 1.49. The Bertz CT molecular complexity index is 377. The second-order valence-corrected chi connectivity index (χ2v) is 4.11. The van der Waals surface area contributed by atoms with Crippen LogP contribution in [0.2, 0.25) is 0 Å². The highest BCUT2D eigenvalue weighted by Gasteiger charge is 2.19. The van der Waals surface area contributed by atoms with E-state index >= 15 is 0 Å². The molecule has 1 aromatic carbocycles. The van der Waals surface area contributed by atoms with Gasteiger partial charge in [-0.25, -0.2) is 0 Å². The fourth-order valence-electron chi connectivity index (χ4n) is 1.86. The van der Waals surface area contributed by atoms with Gasteiger partial charge < -0.3 is 19.0 Å². The van der Waals surface area contributed by atoms with Crippen LogP contribution < -0.4 is 15.0 Å². The monoisotopic (exact) mass is 253 g/mol. The lowest BCUT2D eigenvalue weighted by atomic mass is 10.2. The predicted molar refractivity (Wildman–Crippen MR) is 66.7 cm³/mol. The van der Waals surface area contributed by atoms with Gasteiger partial charge in [-0.1, -0.05) is 6.07 Å². The van der Waals surface area contributed by atoms with Crippen molar-refractivity contribution in [3.05, 3.63) is 23.8 Å². The zero-order chi connectivity index (χ0) is 12.8. The van der Waals surface area contributed by atoms with Crippen LogP contribution >= 0.6 is 0 Å². The van der Waals surface area contributed by atoms with Crippen LogP contribution in [0.5, 0.6) is 11.5 Å². The molecule has 1 saturated heterocycles. The average Bonchev–Trinajstić information content (AvgIpc) is 2.90. The van der Waals surface area contributed by atoms with Crippen molar-refractivity contribution in [1.82, 2.24) is 5.48 Å². The van der Waals surface area contributed by atoms with E-state index in [4.69, 9.17) is 19.0 Å². The Morgan fingerprint density at radius 2 is 2.22 bits per heavy atom. The molecule has 100 valence electrons. The summed E-state index contributed by atoms with van der Waals surface area (Å²) < 4.78 is 16.5. The van der Waals surface area contributed by atoms with Crippen LogP contribution in [0, 0.1) is 0 Å². The summed E-state index contributed by atoms with van der Waals surface area (Å²) >= 11 is 0. The number of nitrogens with one attached hydrogen (secondary N) is 1. The van der Waals surface area contributed by atoms with Gasteiger partial charge in [0.2, 0.25) is 0 Å². The number of benzene rings is 1. The van der Waals surface area contributed by atoms with E-state index in [0.717, 1.165) is 30.1 Å². The van der Waals surface area contributed by atoms with E-state index in [9.17, 15) is 0 Å². The van der Waals surface area contributed by atoms with Crippen LogP contribution in [0.15, 0.2) is 18.2 Å². The molecular formula is C13H19NO4. The van der Waals surface area contributed by atoms with Gasteiger partial charge in [-0.3, -0.25) is 0 Å². The minimum Gasteiger partial charge on any atom is -0.493 e. The van der Waals surface area contributed by atoms with Gasteiger partial charge in [0.15, 0.2) is 11.5 Å². The summed E-state index contributed by atoms with van der Waals surface area (Å²) in [5.41, 5.74) is 3.86. The van der Waals surface area contributed by atoms with E-state index < -0.39 is 0 Å². The molecule has 0 radical (unpaired) electrons. The average molecular weight is 253 g/mol. The number of rotatable bonds is 6. The molecule has 1 aromatic rings. The molecule has 1 heterocycles. The van der Waals surface area contributed by atoms with Crippen molar-refractivity contribution in [3.8, 4) is 11.5 Å². The Labute approximate surface area is 107 Å². The molecule has 1 fully saturated rings. The number of ether oxygens (including phenoxy) is 3. The zero-order valence-corrected chi connectivity index (χ0v) is 10.8. The van der Waals surface area contributed by atoms with E-state index in [1.54, 1.807) is 14.2 Å². The van der Waals surface area contributed by atoms with Gasteiger partial charge in [0.1, 0.15) is 6.10 Å². The summed E-state index contributed by atoms with van der Waals surface area (Å²) in [6, 6.07) is 5.85. The normalized spacial score (nSPS) is 18.9. The minimum absolute atomic E-state index is 0.127. The van der Waals surface area contributed by atoms with E-state index in [1.807, 2.05) is 18.2 Å². The van der Waals surface area contributed by atoms with Gasteiger partial charge in [0.25, 0.3) is 0 Å². The van der Waals surface area contributed by atoms with Gasteiger partial charge in [0.05, 0.1) is 27.4 Å². The lowest BCUT2D eigenvalue weighted by Crippen LogP contribution is -2.16. The fraction of sp³-hybridized carbons (Fsp3) is 0.538. The third-order valence-electron chi connectivity index (χ3n) is 2.83. The SMILES string of the molecule is CONCc1ccc(OC2CCOC2)c(OC)c1. The van der Waals surface area contributed by atoms with Crippen LogP contribution in [0.3, 0.4) is 0 Å². The number of hydroxylamine groups is 1. The molecule has 5 heteroatoms. The minimum atomic E-state index is 0.127. The van der Waals surface area contributed by atoms with Gasteiger partial charge in [-0.2, -0.15) is 5.48 Å². The first-order valence-electron chi connectivity index (χ1n) is 6.00. The van der Waals surface area contributed by atoms with Gasteiger partial charge in [0, 0.05) is 13.0 Å². The van der Waals surface area contributed by atoms with E-state index in [-0.39, 0.29) is 6.10 Å². The molecule has 0 bridgehead atoms. The van der Waals surface area contributed by atoms with E-state index in [0.29, 0.717) is 13.2 Å². The highest BCUT2D eigenvalue weighted by atomic mass is 16.6. The third-order valence-corrected chi connectivity index (χ3v) is 2.83. The maximum absolute atomic E-state index is 5.86. The van der Waals surface area contributed by atoms with Crippen molar-refractivity contribution < 1.29 is 19.0 Å². The second-order valence-electron chi connectivity index (χ2n) is 4.11. The molecular weight excluding hydrogens is 234 g/mol. The summed E-state index contributed by atoms with van der Waals surface area (Å²) in [5, 5.41) is 0. The van der Waals surface area contributed by atoms with E-state index in [1.165, 1.54) is 0 Å². The molecule has 0 aromatic heterocycles. The molecule has 5 nitrogen and oxygen atoms in total. The Balaban J connectivity index is 2.04. The molecule has 0 spiro atoms. The van der Waals surface area contributed by atoms with Crippen molar-refractivity contribution in [2.75, 3.05) is 27.4 Å². The van der Waals surface area contributed by atoms with Crippen LogP contribution in [0.1, 0.15) is 12.0 Å². The first-order valence-corrected chi connectivity index (χ1v) is 6.00. The molecule has 2 rings (SSSR count). The molecule has 1 N–H and O–H groups in total. The topological polar surface area (TPSA) is 49.0 Å². The largest absolute Gasteiger partial charge is 0.493 e. The summed E-state index contributed by atoms with van der Waals surface area (Å²) in [7, 11) is 3.23. The standard InChI is InChI=1S/C13H19NO4/c1-15-13-7-10(8-14-16-2)3-4-12(13)18-11-5-6-17-9-11/h3-4,7,11,14H,5-6,8-9H2,1-2H3. The molecule has 1 aliphatic rings. The van der Waals surface area contributed by atoms with Gasteiger partial charge in [-0.05, 0) is 17.7 Å². The molecule has 1 aliphatic heterocycles. The van der Waals surface area contributed by atoms with E-state index in [2.05, 4.69) is 5.48 Å². The maximum atomic E-state index is 5.86. The van der Waals surface area contributed by atoms with Gasteiger partial charge >= 0.3 is 0 Å². The van der Waals surface area contributed by atoms with Crippen molar-refractivity contribution in [3.63, 3.8) is 0 Å². The fourth-order valence-corrected chi connectivity index (χ4v) is 1.86. The Morgan fingerprint density at radius 3 is 2.89 bits per heavy atom.